The molecule has 5 rings (SSSR count). The Hall–Kier alpha value is -3.97. The highest BCUT2D eigenvalue weighted by Gasteiger charge is 2.33. The molecule has 3 aromatic carbocycles. The van der Waals surface area contributed by atoms with E-state index in [1.54, 1.807) is 18.2 Å². The van der Waals surface area contributed by atoms with E-state index >= 15 is 4.39 Å². The first-order valence-corrected chi connectivity index (χ1v) is 11.3. The molecule has 1 aliphatic carbocycles. The number of hydrogen-bond acceptors (Lipinski definition) is 4. The first kappa shape index (κ1) is 22.8. The van der Waals surface area contributed by atoms with Crippen LogP contribution in [0.25, 0.3) is 17.2 Å². The van der Waals surface area contributed by atoms with Gasteiger partial charge in [-0.3, -0.25) is 0 Å². The summed E-state index contributed by atoms with van der Waals surface area (Å²) in [6.45, 7) is 0. The molecule has 178 valence electrons. The second-order valence-corrected chi connectivity index (χ2v) is 8.64. The van der Waals surface area contributed by atoms with E-state index in [0.29, 0.717) is 22.6 Å². The molecule has 1 heterocycles. The molecular weight excluding hydrogens is 450 g/mol. The van der Waals surface area contributed by atoms with Gasteiger partial charge >= 0.3 is 5.97 Å². The van der Waals surface area contributed by atoms with Crippen molar-refractivity contribution >= 4 is 28.9 Å². The molecule has 0 amide bonds. The minimum Gasteiger partial charge on any atom is -0.497 e. The van der Waals surface area contributed by atoms with E-state index in [9.17, 15) is 9.18 Å². The van der Waals surface area contributed by atoms with Crippen LogP contribution in [0.15, 0.2) is 66.7 Å². The molecule has 0 aromatic heterocycles. The second kappa shape index (κ2) is 9.35. The fourth-order valence-corrected chi connectivity index (χ4v) is 4.44. The molecule has 0 saturated heterocycles. The monoisotopic (exact) mass is 474 g/mol. The highest BCUT2D eigenvalue weighted by Crippen LogP contribution is 2.49. The lowest BCUT2D eigenvalue weighted by molar-refractivity contribution is -0.131. The molecule has 1 saturated carbocycles. The summed E-state index contributed by atoms with van der Waals surface area (Å²) < 4.78 is 35.0. The van der Waals surface area contributed by atoms with Gasteiger partial charge in [-0.1, -0.05) is 30.3 Å². The number of anilines is 1. The molecule has 3 N–H and O–H groups in total. The van der Waals surface area contributed by atoms with Crippen molar-refractivity contribution < 1.29 is 23.4 Å². The van der Waals surface area contributed by atoms with Crippen LogP contribution < -0.4 is 15.6 Å². The fourth-order valence-electron chi connectivity index (χ4n) is 4.44. The van der Waals surface area contributed by atoms with Crippen molar-refractivity contribution in [1.29, 1.82) is 0 Å². The Bertz CT molecular complexity index is 1340. The van der Waals surface area contributed by atoms with Crippen molar-refractivity contribution in [3.63, 3.8) is 0 Å². The third kappa shape index (κ3) is 4.68. The topological polar surface area (TPSA) is 70.6 Å². The first-order chi connectivity index (χ1) is 16.9. The van der Waals surface area contributed by atoms with Gasteiger partial charge in [0.2, 0.25) is 0 Å². The third-order valence-corrected chi connectivity index (χ3v) is 6.29. The molecule has 35 heavy (non-hydrogen) atoms. The number of benzene rings is 3. The summed E-state index contributed by atoms with van der Waals surface area (Å²) in [5.74, 6) is -0.794. The standard InChI is InChI=1S/C28H24F2N2O3/c1-35-20-10-11-21(23(29)15-20)27(18-7-8-18)26(17-5-2-16(3-6-17)4-13-25(33)34)19-9-12-24-22(14-19)28(30)32-31-24/h2-6,9-15,18,28,31-32H,7-8H2,1H3,(H,33,34)/b13-4+,27-26+. The average molecular weight is 475 g/mol. The lowest BCUT2D eigenvalue weighted by atomic mass is 9.86. The number of carbonyl (C=O) groups is 1. The van der Waals surface area contributed by atoms with Crippen molar-refractivity contribution in [2.24, 2.45) is 5.92 Å². The Kier molecular flexibility index (Phi) is 6.09. The quantitative estimate of drug-likeness (QED) is 0.216. The number of halogens is 2. The lowest BCUT2D eigenvalue weighted by Crippen LogP contribution is -2.14. The second-order valence-electron chi connectivity index (χ2n) is 8.64. The number of carboxylic acids is 1. The summed E-state index contributed by atoms with van der Waals surface area (Å²) in [7, 11) is 1.50. The van der Waals surface area contributed by atoms with E-state index < -0.39 is 12.3 Å². The molecule has 1 fully saturated rings. The summed E-state index contributed by atoms with van der Waals surface area (Å²) in [5.41, 5.74) is 11.1. The number of ether oxygens (including phenoxy) is 1. The van der Waals surface area contributed by atoms with Gasteiger partial charge in [-0.2, -0.15) is 0 Å². The maximum absolute atomic E-state index is 15.3. The van der Waals surface area contributed by atoms with E-state index in [-0.39, 0.29) is 11.7 Å². The number of nitrogens with one attached hydrogen (secondary N) is 2. The van der Waals surface area contributed by atoms with Gasteiger partial charge in [-0.25, -0.2) is 19.0 Å². The Morgan fingerprint density at radius 1 is 1.06 bits per heavy atom. The van der Waals surface area contributed by atoms with E-state index in [4.69, 9.17) is 9.84 Å². The van der Waals surface area contributed by atoms with Crippen molar-refractivity contribution in [3.05, 3.63) is 100 Å². The molecule has 1 aliphatic heterocycles. The van der Waals surface area contributed by atoms with Gasteiger partial charge in [0.1, 0.15) is 11.6 Å². The molecule has 0 spiro atoms. The lowest BCUT2D eigenvalue weighted by Gasteiger charge is -2.19. The smallest absolute Gasteiger partial charge is 0.328 e. The van der Waals surface area contributed by atoms with Crippen LogP contribution in [0, 0.1) is 11.7 Å². The zero-order valence-corrected chi connectivity index (χ0v) is 19.0. The summed E-state index contributed by atoms with van der Waals surface area (Å²) in [6, 6.07) is 17.8. The number of carboxylic acid groups (broad SMARTS) is 1. The van der Waals surface area contributed by atoms with Crippen molar-refractivity contribution in [2.75, 3.05) is 12.5 Å². The predicted octanol–water partition coefficient (Wildman–Crippen LogP) is 6.20. The van der Waals surface area contributed by atoms with Gasteiger partial charge in [0.05, 0.1) is 12.8 Å². The molecule has 5 nitrogen and oxygen atoms in total. The Morgan fingerprint density at radius 3 is 2.46 bits per heavy atom. The van der Waals surface area contributed by atoms with Gasteiger partial charge in [-0.05, 0) is 76.9 Å². The zero-order valence-electron chi connectivity index (χ0n) is 19.0. The van der Waals surface area contributed by atoms with Crippen LogP contribution in [-0.2, 0) is 4.79 Å². The molecule has 0 bridgehead atoms. The van der Waals surface area contributed by atoms with Gasteiger partial charge in [0.25, 0.3) is 0 Å². The third-order valence-electron chi connectivity index (χ3n) is 6.29. The molecule has 3 aromatic rings. The number of hydrazine groups is 1. The minimum atomic E-state index is -1.35. The molecule has 7 heteroatoms. The van der Waals surface area contributed by atoms with E-state index in [2.05, 4.69) is 10.9 Å². The highest BCUT2D eigenvalue weighted by atomic mass is 19.1. The summed E-state index contributed by atoms with van der Waals surface area (Å²) >= 11 is 0. The molecular formula is C28H24F2N2O3. The molecule has 1 atom stereocenters. The number of aliphatic carboxylic acids is 1. The fraction of sp³-hybridized carbons (Fsp3) is 0.179. The van der Waals surface area contributed by atoms with Crippen molar-refractivity contribution in [1.82, 2.24) is 5.43 Å². The number of methoxy groups -OCH3 is 1. The van der Waals surface area contributed by atoms with Crippen LogP contribution in [0.5, 0.6) is 5.75 Å². The van der Waals surface area contributed by atoms with Crippen LogP contribution in [0.4, 0.5) is 14.5 Å². The average Bonchev–Trinajstić information content (AvgIpc) is 3.64. The maximum Gasteiger partial charge on any atom is 0.328 e. The summed E-state index contributed by atoms with van der Waals surface area (Å²) in [5, 5.41) is 8.92. The normalized spacial score (nSPS) is 17.6. The summed E-state index contributed by atoms with van der Waals surface area (Å²) in [6.07, 6.45) is 3.11. The van der Waals surface area contributed by atoms with Crippen LogP contribution in [0.3, 0.4) is 0 Å². The van der Waals surface area contributed by atoms with E-state index in [0.717, 1.165) is 46.8 Å². The number of hydrogen-bond donors (Lipinski definition) is 3. The van der Waals surface area contributed by atoms with Crippen LogP contribution >= 0.6 is 0 Å². The molecule has 2 aliphatic rings. The van der Waals surface area contributed by atoms with Gasteiger partial charge in [-0.15, -0.1) is 0 Å². The molecule has 0 radical (unpaired) electrons. The van der Waals surface area contributed by atoms with Gasteiger partial charge < -0.3 is 15.3 Å². The number of allylic oxidation sites excluding steroid dienone is 1. The van der Waals surface area contributed by atoms with Gasteiger partial charge in [0.15, 0.2) is 6.30 Å². The SMILES string of the molecule is COc1ccc(/C(=C(\c2ccc(/C=C/C(=O)O)cc2)c2ccc3c(c2)C(F)NN3)C2CC2)c(F)c1. The van der Waals surface area contributed by atoms with Crippen LogP contribution in [-0.4, -0.2) is 18.2 Å². The first-order valence-electron chi connectivity index (χ1n) is 11.3. The largest absolute Gasteiger partial charge is 0.497 e. The molecule has 1 unspecified atom stereocenters. The van der Waals surface area contributed by atoms with E-state index in [1.807, 2.05) is 36.4 Å². The zero-order chi connectivity index (χ0) is 24.5. The maximum atomic E-state index is 15.3. The van der Waals surface area contributed by atoms with Crippen molar-refractivity contribution in [2.45, 2.75) is 19.1 Å². The number of alkyl halides is 1. The van der Waals surface area contributed by atoms with E-state index in [1.165, 1.54) is 19.3 Å². The Labute approximate surface area is 201 Å². The van der Waals surface area contributed by atoms with Crippen LogP contribution in [0.1, 0.15) is 47.0 Å². The minimum absolute atomic E-state index is 0.171. The van der Waals surface area contributed by atoms with Crippen LogP contribution in [0.2, 0.25) is 0 Å². The van der Waals surface area contributed by atoms with Crippen molar-refractivity contribution in [3.8, 4) is 5.75 Å². The highest BCUT2D eigenvalue weighted by molar-refractivity contribution is 6.00. The predicted molar refractivity (Wildman–Crippen MR) is 132 cm³/mol. The number of fused-ring (bicyclic) bond motifs is 1. The Balaban J connectivity index is 1.71. The Morgan fingerprint density at radius 2 is 1.80 bits per heavy atom. The summed E-state index contributed by atoms with van der Waals surface area (Å²) in [4.78, 5) is 10.9. The van der Waals surface area contributed by atoms with Gasteiger partial charge in [0, 0.05) is 23.3 Å². The number of rotatable bonds is 7.